The van der Waals surface area contributed by atoms with E-state index in [-0.39, 0.29) is 12.5 Å². The molecule has 0 unspecified atom stereocenters. The monoisotopic (exact) mass is 391 g/mol. The highest BCUT2D eigenvalue weighted by Crippen LogP contribution is 2.28. The number of halogens is 1. The standard InChI is InChI=1S/C18H18BrNO4/c1-3-23-17-9-13(10-21)4-7-16(17)24-11-18(22)20-14-5-6-15(19)12(2)8-14/h4-10H,3,11H2,1-2H3,(H,20,22). The zero-order valence-electron chi connectivity index (χ0n) is 13.5. The number of carbonyl (C=O) groups is 2. The first-order chi connectivity index (χ1) is 11.5. The normalized spacial score (nSPS) is 10.1. The van der Waals surface area contributed by atoms with Crippen LogP contribution in [0.2, 0.25) is 0 Å². The summed E-state index contributed by atoms with van der Waals surface area (Å²) in [7, 11) is 0. The molecular formula is C18H18BrNO4. The van der Waals surface area contributed by atoms with Crippen LogP contribution in [0.4, 0.5) is 5.69 Å². The minimum atomic E-state index is -0.279. The molecule has 0 bridgehead atoms. The number of carbonyl (C=O) groups excluding carboxylic acids is 2. The van der Waals surface area contributed by atoms with Gasteiger partial charge in [0.1, 0.15) is 6.29 Å². The first kappa shape index (κ1) is 18.0. The Morgan fingerprint density at radius 3 is 2.62 bits per heavy atom. The lowest BCUT2D eigenvalue weighted by Gasteiger charge is -2.12. The number of nitrogens with one attached hydrogen (secondary N) is 1. The van der Waals surface area contributed by atoms with Crippen molar-refractivity contribution in [1.29, 1.82) is 0 Å². The van der Waals surface area contributed by atoms with Gasteiger partial charge in [-0.25, -0.2) is 0 Å². The van der Waals surface area contributed by atoms with E-state index in [1.54, 1.807) is 24.3 Å². The van der Waals surface area contributed by atoms with Gasteiger partial charge in [-0.1, -0.05) is 15.9 Å². The first-order valence-corrected chi connectivity index (χ1v) is 8.23. The molecule has 0 aliphatic heterocycles. The zero-order valence-corrected chi connectivity index (χ0v) is 15.1. The molecular weight excluding hydrogens is 374 g/mol. The number of benzene rings is 2. The second-order valence-corrected chi connectivity index (χ2v) is 5.91. The quantitative estimate of drug-likeness (QED) is 0.724. The molecule has 24 heavy (non-hydrogen) atoms. The molecule has 2 rings (SSSR count). The summed E-state index contributed by atoms with van der Waals surface area (Å²) < 4.78 is 11.9. The highest BCUT2D eigenvalue weighted by molar-refractivity contribution is 9.10. The number of ether oxygens (including phenoxy) is 2. The van der Waals surface area contributed by atoms with Crippen LogP contribution in [-0.2, 0) is 4.79 Å². The van der Waals surface area contributed by atoms with Crippen LogP contribution in [0.3, 0.4) is 0 Å². The topological polar surface area (TPSA) is 64.6 Å². The summed E-state index contributed by atoms with van der Waals surface area (Å²) in [5, 5.41) is 2.77. The van der Waals surface area contributed by atoms with Crippen LogP contribution in [0.15, 0.2) is 40.9 Å². The third-order valence-corrected chi connectivity index (χ3v) is 4.09. The fraction of sp³-hybridized carbons (Fsp3) is 0.222. The largest absolute Gasteiger partial charge is 0.490 e. The maximum atomic E-state index is 12.0. The van der Waals surface area contributed by atoms with Gasteiger partial charge in [-0.05, 0) is 55.8 Å². The summed E-state index contributed by atoms with van der Waals surface area (Å²) >= 11 is 3.42. The van der Waals surface area contributed by atoms with Gasteiger partial charge in [-0.15, -0.1) is 0 Å². The van der Waals surface area contributed by atoms with Gasteiger partial charge in [0.05, 0.1) is 6.61 Å². The Hall–Kier alpha value is -2.34. The molecule has 126 valence electrons. The minimum absolute atomic E-state index is 0.157. The van der Waals surface area contributed by atoms with Crippen molar-refractivity contribution in [2.75, 3.05) is 18.5 Å². The highest BCUT2D eigenvalue weighted by atomic mass is 79.9. The van der Waals surface area contributed by atoms with Gasteiger partial charge >= 0.3 is 0 Å². The van der Waals surface area contributed by atoms with Gasteiger partial charge in [0.25, 0.3) is 5.91 Å². The van der Waals surface area contributed by atoms with E-state index in [4.69, 9.17) is 9.47 Å². The van der Waals surface area contributed by atoms with Gasteiger partial charge in [-0.3, -0.25) is 9.59 Å². The molecule has 0 aliphatic carbocycles. The Labute approximate surface area is 149 Å². The molecule has 0 aliphatic rings. The fourth-order valence-electron chi connectivity index (χ4n) is 2.05. The molecule has 0 saturated carbocycles. The van der Waals surface area contributed by atoms with E-state index in [2.05, 4.69) is 21.2 Å². The number of amides is 1. The maximum Gasteiger partial charge on any atom is 0.262 e. The van der Waals surface area contributed by atoms with Gasteiger partial charge in [0.15, 0.2) is 18.1 Å². The van der Waals surface area contributed by atoms with Crippen LogP contribution in [0, 0.1) is 6.92 Å². The van der Waals surface area contributed by atoms with E-state index in [0.717, 1.165) is 16.3 Å². The molecule has 0 radical (unpaired) electrons. The average Bonchev–Trinajstić information content (AvgIpc) is 2.57. The van der Waals surface area contributed by atoms with Crippen molar-refractivity contribution in [3.05, 3.63) is 52.0 Å². The predicted molar refractivity (Wildman–Crippen MR) is 96.0 cm³/mol. The summed E-state index contributed by atoms with van der Waals surface area (Å²) in [6.45, 7) is 4.05. The van der Waals surface area contributed by atoms with E-state index in [9.17, 15) is 9.59 Å². The van der Waals surface area contributed by atoms with Crippen LogP contribution < -0.4 is 14.8 Å². The van der Waals surface area contributed by atoms with Crippen molar-refractivity contribution in [1.82, 2.24) is 0 Å². The minimum Gasteiger partial charge on any atom is -0.490 e. The number of anilines is 1. The third-order valence-electron chi connectivity index (χ3n) is 3.20. The van der Waals surface area contributed by atoms with E-state index in [0.29, 0.717) is 29.4 Å². The summed E-state index contributed by atoms with van der Waals surface area (Å²) in [4.78, 5) is 22.9. The molecule has 0 heterocycles. The van der Waals surface area contributed by atoms with Crippen molar-refractivity contribution in [3.8, 4) is 11.5 Å². The van der Waals surface area contributed by atoms with Crippen LogP contribution in [0.25, 0.3) is 0 Å². The van der Waals surface area contributed by atoms with E-state index in [1.165, 1.54) is 0 Å². The first-order valence-electron chi connectivity index (χ1n) is 7.44. The summed E-state index contributed by atoms with van der Waals surface area (Å²) in [6.07, 6.45) is 0.731. The molecule has 0 aromatic heterocycles. The Balaban J connectivity index is 2.00. The summed E-state index contributed by atoms with van der Waals surface area (Å²) in [5.41, 5.74) is 2.21. The van der Waals surface area contributed by atoms with Crippen molar-refractivity contribution >= 4 is 33.8 Å². The zero-order chi connectivity index (χ0) is 17.5. The van der Waals surface area contributed by atoms with Crippen molar-refractivity contribution in [2.24, 2.45) is 0 Å². The Morgan fingerprint density at radius 1 is 1.17 bits per heavy atom. The van der Waals surface area contributed by atoms with Crippen LogP contribution >= 0.6 is 15.9 Å². The lowest BCUT2D eigenvalue weighted by molar-refractivity contribution is -0.118. The lowest BCUT2D eigenvalue weighted by atomic mass is 10.2. The Kier molecular flexibility index (Phi) is 6.37. The van der Waals surface area contributed by atoms with Gasteiger partial charge in [-0.2, -0.15) is 0 Å². The highest BCUT2D eigenvalue weighted by Gasteiger charge is 2.10. The molecule has 5 nitrogen and oxygen atoms in total. The van der Waals surface area contributed by atoms with E-state index in [1.807, 2.05) is 26.0 Å². The van der Waals surface area contributed by atoms with Crippen LogP contribution in [0.1, 0.15) is 22.8 Å². The molecule has 0 saturated heterocycles. The van der Waals surface area contributed by atoms with Gasteiger partial charge in [0, 0.05) is 15.7 Å². The van der Waals surface area contributed by atoms with Crippen molar-refractivity contribution < 1.29 is 19.1 Å². The molecule has 1 N–H and O–H groups in total. The number of hydrogen-bond donors (Lipinski definition) is 1. The van der Waals surface area contributed by atoms with Crippen molar-refractivity contribution in [2.45, 2.75) is 13.8 Å². The van der Waals surface area contributed by atoms with Crippen LogP contribution in [0.5, 0.6) is 11.5 Å². The Bertz CT molecular complexity index is 746. The summed E-state index contributed by atoms with van der Waals surface area (Å²) in [6, 6.07) is 10.4. The number of aldehydes is 1. The Morgan fingerprint density at radius 2 is 1.96 bits per heavy atom. The maximum absolute atomic E-state index is 12.0. The third kappa shape index (κ3) is 4.83. The molecule has 0 atom stereocenters. The molecule has 0 spiro atoms. The fourth-order valence-corrected chi connectivity index (χ4v) is 2.29. The van der Waals surface area contributed by atoms with Gasteiger partial charge in [0.2, 0.25) is 0 Å². The average molecular weight is 392 g/mol. The smallest absolute Gasteiger partial charge is 0.262 e. The molecule has 0 fully saturated rings. The predicted octanol–water partition coefficient (Wildman–Crippen LogP) is 3.99. The molecule has 2 aromatic rings. The number of rotatable bonds is 7. The molecule has 2 aromatic carbocycles. The summed E-state index contributed by atoms with van der Waals surface area (Å²) in [5.74, 6) is 0.581. The molecule has 1 amide bonds. The van der Waals surface area contributed by atoms with Crippen molar-refractivity contribution in [3.63, 3.8) is 0 Å². The SMILES string of the molecule is CCOc1cc(C=O)ccc1OCC(=O)Nc1ccc(Br)c(C)c1. The van der Waals surface area contributed by atoms with Gasteiger partial charge < -0.3 is 14.8 Å². The van der Waals surface area contributed by atoms with E-state index >= 15 is 0 Å². The second-order valence-electron chi connectivity index (χ2n) is 5.06. The lowest BCUT2D eigenvalue weighted by Crippen LogP contribution is -2.20. The number of aryl methyl sites for hydroxylation is 1. The second kappa shape index (κ2) is 8.49. The van der Waals surface area contributed by atoms with Crippen LogP contribution in [-0.4, -0.2) is 25.4 Å². The number of hydrogen-bond acceptors (Lipinski definition) is 4. The molecule has 6 heteroatoms. The van der Waals surface area contributed by atoms with E-state index < -0.39 is 0 Å².